The minimum Gasteiger partial charge on any atom is -0.382 e. The zero-order valence-corrected chi connectivity index (χ0v) is 18.0. The molecule has 8 nitrogen and oxygen atoms in total. The number of pyridine rings is 1. The van der Waals surface area contributed by atoms with Crippen molar-refractivity contribution in [1.82, 2.24) is 24.7 Å². The van der Waals surface area contributed by atoms with E-state index < -0.39 is 0 Å². The molecule has 1 saturated heterocycles. The molecule has 30 heavy (non-hydrogen) atoms. The van der Waals surface area contributed by atoms with Gasteiger partial charge in [-0.05, 0) is 43.1 Å². The van der Waals surface area contributed by atoms with Crippen molar-refractivity contribution in [2.24, 2.45) is 18.4 Å². The molecule has 0 bridgehead atoms. The second kappa shape index (κ2) is 6.97. The van der Waals surface area contributed by atoms with Gasteiger partial charge in [-0.1, -0.05) is 24.9 Å². The summed E-state index contributed by atoms with van der Waals surface area (Å²) >= 11 is 6.32. The highest BCUT2D eigenvalue weighted by molar-refractivity contribution is 6.35. The lowest BCUT2D eigenvalue weighted by Gasteiger charge is -2.40. The minimum absolute atomic E-state index is 0.153. The van der Waals surface area contributed by atoms with Crippen LogP contribution in [-0.4, -0.2) is 37.8 Å². The number of nitrogens with two attached hydrogens (primary N) is 1. The molecule has 0 aromatic carbocycles. The molecule has 3 aromatic heterocycles. The third kappa shape index (κ3) is 2.96. The molecule has 2 fully saturated rings. The Balaban J connectivity index is 1.51. The predicted octanol–water partition coefficient (Wildman–Crippen LogP) is 3.36. The number of halogens is 1. The number of nitrogens with zero attached hydrogens (tertiary/aromatic N) is 5. The van der Waals surface area contributed by atoms with Crippen LogP contribution >= 0.6 is 11.6 Å². The zero-order chi connectivity index (χ0) is 21.0. The summed E-state index contributed by atoms with van der Waals surface area (Å²) < 4.78 is 1.62. The molecule has 0 amide bonds. The first-order chi connectivity index (χ1) is 14.4. The smallest absolute Gasteiger partial charge is 0.266 e. The van der Waals surface area contributed by atoms with Gasteiger partial charge >= 0.3 is 0 Å². The van der Waals surface area contributed by atoms with Crippen molar-refractivity contribution in [3.63, 3.8) is 0 Å². The maximum absolute atomic E-state index is 13.3. The van der Waals surface area contributed by atoms with Gasteiger partial charge in [0.25, 0.3) is 5.56 Å². The van der Waals surface area contributed by atoms with Crippen LogP contribution in [0.25, 0.3) is 22.3 Å². The summed E-state index contributed by atoms with van der Waals surface area (Å²) in [4.78, 5) is 24.3. The maximum Gasteiger partial charge on any atom is 0.266 e. The van der Waals surface area contributed by atoms with Gasteiger partial charge in [-0.3, -0.25) is 14.5 Å². The standard InChI is InChI=1S/C21H26ClN7O/c1-12-3-5-21(11-12)6-9-29(10-7-21)20-25-18-14(19(30)28(20)2)16(26-27-18)13-4-8-24-17(23)15(13)22/h4,8,12H,3,5-7,9-11H2,1-2H3,(H2,23,24)(H,26,27)/t12-/m0/s1. The fourth-order valence-corrected chi connectivity index (χ4v) is 5.50. The number of anilines is 2. The fraction of sp³-hybridized carbons (Fsp3) is 0.524. The first-order valence-corrected chi connectivity index (χ1v) is 10.9. The van der Waals surface area contributed by atoms with Crippen LogP contribution in [-0.2, 0) is 7.05 Å². The quantitative estimate of drug-likeness (QED) is 0.649. The van der Waals surface area contributed by atoms with Crippen LogP contribution in [0.2, 0.25) is 5.02 Å². The number of aromatic nitrogens is 5. The molecule has 1 aliphatic heterocycles. The molecule has 0 unspecified atom stereocenters. The first kappa shape index (κ1) is 19.4. The van der Waals surface area contributed by atoms with Gasteiger partial charge in [-0.25, -0.2) is 4.98 Å². The summed E-state index contributed by atoms with van der Waals surface area (Å²) in [6.45, 7) is 4.21. The van der Waals surface area contributed by atoms with Crippen LogP contribution in [0.5, 0.6) is 0 Å². The Kier molecular flexibility index (Phi) is 4.50. The Labute approximate surface area is 179 Å². The Hall–Kier alpha value is -2.61. The number of fused-ring (bicyclic) bond motifs is 1. The zero-order valence-electron chi connectivity index (χ0n) is 17.3. The van der Waals surface area contributed by atoms with Crippen molar-refractivity contribution in [2.45, 2.75) is 39.0 Å². The normalized spacial score (nSPS) is 21.0. The number of nitrogen functional groups attached to an aromatic ring is 1. The van der Waals surface area contributed by atoms with Crippen molar-refractivity contribution in [3.8, 4) is 11.3 Å². The van der Waals surface area contributed by atoms with Crippen molar-refractivity contribution in [3.05, 3.63) is 27.6 Å². The van der Waals surface area contributed by atoms with E-state index in [1.54, 1.807) is 23.9 Å². The first-order valence-electron chi connectivity index (χ1n) is 10.5. The number of rotatable bonds is 2. The van der Waals surface area contributed by atoms with Crippen LogP contribution in [0.4, 0.5) is 11.8 Å². The van der Waals surface area contributed by atoms with E-state index in [2.05, 4.69) is 27.0 Å². The highest BCUT2D eigenvalue weighted by Gasteiger charge is 2.40. The number of H-pyrrole nitrogens is 1. The van der Waals surface area contributed by atoms with E-state index in [0.29, 0.717) is 33.7 Å². The molecule has 5 rings (SSSR count). The average molecular weight is 428 g/mol. The Morgan fingerprint density at radius 1 is 1.30 bits per heavy atom. The molecule has 4 heterocycles. The van der Waals surface area contributed by atoms with Gasteiger partial charge in [0.15, 0.2) is 5.65 Å². The molecular formula is C21H26ClN7O. The van der Waals surface area contributed by atoms with Crippen LogP contribution in [0, 0.1) is 11.3 Å². The summed E-state index contributed by atoms with van der Waals surface area (Å²) in [5.74, 6) is 1.71. The lowest BCUT2D eigenvalue weighted by Crippen LogP contribution is -2.42. The molecule has 1 saturated carbocycles. The fourth-order valence-electron chi connectivity index (χ4n) is 5.30. The topological polar surface area (TPSA) is 106 Å². The monoisotopic (exact) mass is 427 g/mol. The van der Waals surface area contributed by atoms with E-state index in [-0.39, 0.29) is 16.4 Å². The number of hydrogen-bond donors (Lipinski definition) is 2. The molecule has 2 aliphatic rings. The molecule has 1 atom stereocenters. The molecule has 1 spiro atoms. The predicted molar refractivity (Wildman–Crippen MR) is 119 cm³/mol. The van der Waals surface area contributed by atoms with E-state index in [4.69, 9.17) is 22.3 Å². The molecular weight excluding hydrogens is 402 g/mol. The van der Waals surface area contributed by atoms with Gasteiger partial charge < -0.3 is 10.6 Å². The van der Waals surface area contributed by atoms with Gasteiger partial charge in [0.2, 0.25) is 5.95 Å². The summed E-state index contributed by atoms with van der Waals surface area (Å²) in [6.07, 6.45) is 7.86. The van der Waals surface area contributed by atoms with Crippen LogP contribution in [0.1, 0.15) is 39.0 Å². The molecule has 1 aliphatic carbocycles. The SMILES string of the molecule is C[C@H]1CCC2(CCN(c3nc4[nH]nc(-c5ccnc(N)c5Cl)c4c(=O)n3C)CC2)C1. The van der Waals surface area contributed by atoms with Gasteiger partial charge in [-0.15, -0.1) is 0 Å². The van der Waals surface area contributed by atoms with Crippen molar-refractivity contribution >= 4 is 34.4 Å². The summed E-state index contributed by atoms with van der Waals surface area (Å²) in [5, 5.41) is 7.94. The van der Waals surface area contributed by atoms with Gasteiger partial charge in [0.1, 0.15) is 16.9 Å². The summed E-state index contributed by atoms with van der Waals surface area (Å²) in [6, 6.07) is 1.70. The van der Waals surface area contributed by atoms with E-state index in [9.17, 15) is 4.79 Å². The number of aromatic amines is 1. The van der Waals surface area contributed by atoms with Crippen LogP contribution < -0.4 is 16.2 Å². The van der Waals surface area contributed by atoms with E-state index in [1.807, 2.05) is 0 Å². The van der Waals surface area contributed by atoms with Gasteiger partial charge in [0, 0.05) is 31.9 Å². The highest BCUT2D eigenvalue weighted by Crippen LogP contribution is 2.49. The highest BCUT2D eigenvalue weighted by atomic mass is 35.5. The summed E-state index contributed by atoms with van der Waals surface area (Å²) in [7, 11) is 1.77. The number of piperidine rings is 1. The van der Waals surface area contributed by atoms with E-state index in [1.165, 1.54) is 19.3 Å². The van der Waals surface area contributed by atoms with Gasteiger partial charge in [0.05, 0.1) is 5.02 Å². The lowest BCUT2D eigenvalue weighted by molar-refractivity contribution is 0.217. The van der Waals surface area contributed by atoms with Gasteiger partial charge in [-0.2, -0.15) is 10.1 Å². The number of hydrogen-bond acceptors (Lipinski definition) is 6. The van der Waals surface area contributed by atoms with Crippen LogP contribution in [0.3, 0.4) is 0 Å². The molecule has 0 radical (unpaired) electrons. The molecule has 3 aromatic rings. The largest absolute Gasteiger partial charge is 0.382 e. The maximum atomic E-state index is 13.3. The third-order valence-corrected chi connectivity index (χ3v) is 7.40. The average Bonchev–Trinajstić information content (AvgIpc) is 3.31. The van der Waals surface area contributed by atoms with E-state index >= 15 is 0 Å². The molecule has 9 heteroatoms. The third-order valence-electron chi connectivity index (χ3n) is 7.00. The van der Waals surface area contributed by atoms with Crippen molar-refractivity contribution in [2.75, 3.05) is 23.7 Å². The molecule has 158 valence electrons. The second-order valence-corrected chi connectivity index (χ2v) is 9.34. The van der Waals surface area contributed by atoms with Crippen molar-refractivity contribution < 1.29 is 0 Å². The van der Waals surface area contributed by atoms with E-state index in [0.717, 1.165) is 31.8 Å². The Morgan fingerprint density at radius 3 is 2.77 bits per heavy atom. The second-order valence-electron chi connectivity index (χ2n) is 8.96. The van der Waals surface area contributed by atoms with Crippen molar-refractivity contribution in [1.29, 1.82) is 0 Å². The number of nitrogens with one attached hydrogen (secondary N) is 1. The van der Waals surface area contributed by atoms with Crippen LogP contribution in [0.15, 0.2) is 17.1 Å². The summed E-state index contributed by atoms with van der Waals surface area (Å²) in [5.41, 5.74) is 7.64. The lowest BCUT2D eigenvalue weighted by atomic mass is 9.76. The Morgan fingerprint density at radius 2 is 2.07 bits per heavy atom. The Bertz CT molecular complexity index is 1180. The minimum atomic E-state index is -0.153. The molecule has 3 N–H and O–H groups in total.